The molecule has 0 amide bonds. The van der Waals surface area contributed by atoms with E-state index in [4.69, 9.17) is 0 Å². The molecule has 0 N–H and O–H groups in total. The van der Waals surface area contributed by atoms with Crippen molar-refractivity contribution in [3.8, 4) is 0 Å². The quantitative estimate of drug-likeness (QED) is 0.626. The normalized spacial score (nSPS) is 32.8. The number of hydrogen-bond donors (Lipinski definition) is 0. The van der Waals surface area contributed by atoms with E-state index < -0.39 is 12.5 Å². The standard InChI is InChI=1S/C9H17F2N/c1-3-12-6-7(2)4-5-8(12)9(10)11/h7-9H,3-6H2,1-2H3/t7-,8-/m1/s1. The van der Waals surface area contributed by atoms with E-state index in [9.17, 15) is 8.78 Å². The zero-order valence-corrected chi connectivity index (χ0v) is 7.76. The first-order valence-electron chi connectivity index (χ1n) is 4.67. The minimum absolute atomic E-state index is 0.480. The van der Waals surface area contributed by atoms with Crippen molar-refractivity contribution >= 4 is 0 Å². The second kappa shape index (κ2) is 4.17. The number of halogens is 2. The van der Waals surface area contributed by atoms with Gasteiger partial charge in [-0.25, -0.2) is 8.78 Å². The van der Waals surface area contributed by atoms with Gasteiger partial charge in [0.15, 0.2) is 0 Å². The predicted octanol–water partition coefficient (Wildman–Crippen LogP) is 2.37. The van der Waals surface area contributed by atoms with Gasteiger partial charge in [0.05, 0.1) is 6.04 Å². The molecule has 1 aliphatic rings. The zero-order valence-electron chi connectivity index (χ0n) is 7.76. The molecule has 72 valence electrons. The molecule has 0 bridgehead atoms. The molecule has 1 heterocycles. The van der Waals surface area contributed by atoms with Crippen LogP contribution in [0.5, 0.6) is 0 Å². The molecule has 0 aliphatic carbocycles. The van der Waals surface area contributed by atoms with Crippen LogP contribution in [0.4, 0.5) is 8.78 Å². The topological polar surface area (TPSA) is 3.24 Å². The summed E-state index contributed by atoms with van der Waals surface area (Å²) in [6.07, 6.45) is -0.560. The van der Waals surface area contributed by atoms with Gasteiger partial charge in [-0.3, -0.25) is 4.90 Å². The van der Waals surface area contributed by atoms with Crippen LogP contribution >= 0.6 is 0 Å². The van der Waals surface area contributed by atoms with Crippen molar-refractivity contribution in [2.45, 2.75) is 39.2 Å². The van der Waals surface area contributed by atoms with Gasteiger partial charge in [0.25, 0.3) is 6.43 Å². The molecule has 1 rings (SSSR count). The summed E-state index contributed by atoms with van der Waals surface area (Å²) in [7, 11) is 0. The monoisotopic (exact) mass is 177 g/mol. The number of likely N-dealkylation sites (tertiary alicyclic amines) is 1. The van der Waals surface area contributed by atoms with Crippen molar-refractivity contribution in [3.05, 3.63) is 0 Å². The van der Waals surface area contributed by atoms with E-state index in [1.165, 1.54) is 0 Å². The van der Waals surface area contributed by atoms with Crippen LogP contribution in [0.25, 0.3) is 0 Å². The molecular formula is C9H17F2N. The van der Waals surface area contributed by atoms with Crippen molar-refractivity contribution < 1.29 is 8.78 Å². The fourth-order valence-corrected chi connectivity index (χ4v) is 1.91. The number of piperidine rings is 1. The Labute approximate surface area is 72.7 Å². The van der Waals surface area contributed by atoms with Crippen LogP contribution < -0.4 is 0 Å². The van der Waals surface area contributed by atoms with Crippen molar-refractivity contribution in [2.24, 2.45) is 5.92 Å². The van der Waals surface area contributed by atoms with Crippen molar-refractivity contribution in [1.29, 1.82) is 0 Å². The summed E-state index contributed by atoms with van der Waals surface area (Å²) in [6, 6.07) is -0.480. The van der Waals surface area contributed by atoms with Gasteiger partial charge >= 0.3 is 0 Å². The molecule has 0 aromatic rings. The molecule has 1 aliphatic heterocycles. The number of hydrogen-bond acceptors (Lipinski definition) is 1. The largest absolute Gasteiger partial charge is 0.295 e. The first-order chi connectivity index (χ1) is 5.65. The highest BCUT2D eigenvalue weighted by Gasteiger charge is 2.31. The van der Waals surface area contributed by atoms with Crippen molar-refractivity contribution in [2.75, 3.05) is 13.1 Å². The summed E-state index contributed by atoms with van der Waals surface area (Å²) < 4.78 is 24.9. The summed E-state index contributed by atoms with van der Waals surface area (Å²) in [4.78, 5) is 1.90. The molecule has 0 spiro atoms. The van der Waals surface area contributed by atoms with Gasteiger partial charge in [-0.05, 0) is 25.3 Å². The summed E-state index contributed by atoms with van der Waals surface area (Å²) >= 11 is 0. The van der Waals surface area contributed by atoms with Gasteiger partial charge in [-0.15, -0.1) is 0 Å². The molecule has 1 nitrogen and oxygen atoms in total. The molecule has 12 heavy (non-hydrogen) atoms. The van der Waals surface area contributed by atoms with Crippen LogP contribution in [0.1, 0.15) is 26.7 Å². The molecule has 0 radical (unpaired) electrons. The molecule has 0 saturated carbocycles. The fraction of sp³-hybridized carbons (Fsp3) is 1.00. The maximum Gasteiger partial charge on any atom is 0.253 e. The van der Waals surface area contributed by atoms with Crippen LogP contribution in [-0.4, -0.2) is 30.5 Å². The van der Waals surface area contributed by atoms with Crippen LogP contribution in [0.2, 0.25) is 0 Å². The molecular weight excluding hydrogens is 160 g/mol. The summed E-state index contributed by atoms with van der Waals surface area (Å²) in [5, 5.41) is 0. The average Bonchev–Trinajstić information content (AvgIpc) is 2.03. The van der Waals surface area contributed by atoms with Gasteiger partial charge in [0.2, 0.25) is 0 Å². The SMILES string of the molecule is CCN1C[C@H](C)CC[C@@H]1C(F)F. The van der Waals surface area contributed by atoms with Crippen LogP contribution in [0.15, 0.2) is 0 Å². The lowest BCUT2D eigenvalue weighted by Crippen LogP contribution is -2.46. The fourth-order valence-electron chi connectivity index (χ4n) is 1.91. The number of alkyl halides is 2. The number of nitrogens with zero attached hydrogens (tertiary/aromatic N) is 1. The molecule has 0 aromatic heterocycles. The van der Waals surface area contributed by atoms with Gasteiger partial charge < -0.3 is 0 Å². The first-order valence-corrected chi connectivity index (χ1v) is 4.67. The lowest BCUT2D eigenvalue weighted by molar-refractivity contribution is -0.00537. The van der Waals surface area contributed by atoms with E-state index >= 15 is 0 Å². The Bertz CT molecular complexity index is 138. The van der Waals surface area contributed by atoms with Gasteiger partial charge in [0, 0.05) is 6.54 Å². The van der Waals surface area contributed by atoms with E-state index in [-0.39, 0.29) is 0 Å². The Morgan fingerprint density at radius 2 is 2.08 bits per heavy atom. The lowest BCUT2D eigenvalue weighted by Gasteiger charge is -2.37. The average molecular weight is 177 g/mol. The highest BCUT2D eigenvalue weighted by molar-refractivity contribution is 4.80. The summed E-state index contributed by atoms with van der Waals surface area (Å²) in [5.74, 6) is 0.583. The molecule has 2 atom stereocenters. The Morgan fingerprint density at radius 1 is 1.42 bits per heavy atom. The zero-order chi connectivity index (χ0) is 9.14. The van der Waals surface area contributed by atoms with Gasteiger partial charge in [-0.1, -0.05) is 13.8 Å². The molecule has 0 unspecified atom stereocenters. The Morgan fingerprint density at radius 3 is 2.58 bits per heavy atom. The third-order valence-electron chi connectivity index (χ3n) is 2.67. The third-order valence-corrected chi connectivity index (χ3v) is 2.67. The minimum Gasteiger partial charge on any atom is -0.295 e. The van der Waals surface area contributed by atoms with E-state index in [1.807, 2.05) is 11.8 Å². The van der Waals surface area contributed by atoms with Crippen molar-refractivity contribution in [1.82, 2.24) is 4.90 Å². The minimum atomic E-state index is -2.17. The van der Waals surface area contributed by atoms with Crippen molar-refractivity contribution in [3.63, 3.8) is 0 Å². The van der Waals surface area contributed by atoms with Crippen LogP contribution in [0.3, 0.4) is 0 Å². The molecule has 0 aromatic carbocycles. The van der Waals surface area contributed by atoms with E-state index in [1.54, 1.807) is 0 Å². The Kier molecular flexibility index (Phi) is 3.44. The maximum absolute atomic E-state index is 12.4. The highest BCUT2D eigenvalue weighted by Crippen LogP contribution is 2.25. The van der Waals surface area contributed by atoms with E-state index in [0.717, 1.165) is 19.5 Å². The Balaban J connectivity index is 2.50. The first kappa shape index (κ1) is 9.90. The Hall–Kier alpha value is -0.180. The second-order valence-electron chi connectivity index (χ2n) is 3.67. The van der Waals surface area contributed by atoms with Gasteiger partial charge in [0.1, 0.15) is 0 Å². The van der Waals surface area contributed by atoms with E-state index in [2.05, 4.69) is 6.92 Å². The maximum atomic E-state index is 12.4. The van der Waals surface area contributed by atoms with Crippen LogP contribution in [0, 0.1) is 5.92 Å². The smallest absolute Gasteiger partial charge is 0.253 e. The molecule has 3 heteroatoms. The second-order valence-corrected chi connectivity index (χ2v) is 3.67. The third kappa shape index (κ3) is 2.16. The summed E-state index contributed by atoms with van der Waals surface area (Å²) in [6.45, 7) is 5.67. The molecule has 1 saturated heterocycles. The van der Waals surface area contributed by atoms with Gasteiger partial charge in [-0.2, -0.15) is 0 Å². The highest BCUT2D eigenvalue weighted by atomic mass is 19.3. The molecule has 1 fully saturated rings. The van der Waals surface area contributed by atoms with Crippen LogP contribution in [-0.2, 0) is 0 Å². The van der Waals surface area contributed by atoms with E-state index in [0.29, 0.717) is 12.3 Å². The predicted molar refractivity (Wildman–Crippen MR) is 45.4 cm³/mol. The lowest BCUT2D eigenvalue weighted by atomic mass is 9.94. The number of rotatable bonds is 2. The summed E-state index contributed by atoms with van der Waals surface area (Å²) in [5.41, 5.74) is 0.